The van der Waals surface area contributed by atoms with Gasteiger partial charge in [-0.25, -0.2) is 4.39 Å². The average Bonchev–Trinajstić information content (AvgIpc) is 2.71. The Morgan fingerprint density at radius 2 is 2.26 bits per heavy atom. The SMILES string of the molecule is C/C=C\C=C/c1cc2c([nH]1)CN(CC(C)C)C(F)C2. The molecular formula is C16H23FN2. The maximum atomic E-state index is 14.1. The number of H-pyrrole nitrogens is 1. The molecule has 1 aromatic heterocycles. The monoisotopic (exact) mass is 262 g/mol. The highest BCUT2D eigenvalue weighted by Gasteiger charge is 2.27. The van der Waals surface area contributed by atoms with E-state index >= 15 is 0 Å². The summed E-state index contributed by atoms with van der Waals surface area (Å²) in [4.78, 5) is 5.31. The van der Waals surface area contributed by atoms with E-state index in [1.165, 1.54) is 0 Å². The molecule has 0 aliphatic carbocycles. The molecule has 0 spiro atoms. The highest BCUT2D eigenvalue weighted by atomic mass is 19.1. The summed E-state index contributed by atoms with van der Waals surface area (Å²) in [5.41, 5.74) is 3.34. The summed E-state index contributed by atoms with van der Waals surface area (Å²) in [5.74, 6) is 0.490. The molecule has 1 aliphatic rings. The molecule has 0 saturated heterocycles. The average molecular weight is 262 g/mol. The van der Waals surface area contributed by atoms with Crippen LogP contribution in [0.4, 0.5) is 4.39 Å². The van der Waals surface area contributed by atoms with Gasteiger partial charge in [-0.15, -0.1) is 0 Å². The predicted octanol–water partition coefficient (Wildman–Crippen LogP) is 3.91. The molecular weight excluding hydrogens is 239 g/mol. The van der Waals surface area contributed by atoms with Crippen LogP contribution in [-0.4, -0.2) is 22.7 Å². The van der Waals surface area contributed by atoms with Crippen molar-refractivity contribution in [1.82, 2.24) is 9.88 Å². The summed E-state index contributed by atoms with van der Waals surface area (Å²) < 4.78 is 14.1. The van der Waals surface area contributed by atoms with E-state index in [4.69, 9.17) is 0 Å². The van der Waals surface area contributed by atoms with Gasteiger partial charge in [0.15, 0.2) is 6.30 Å². The fraction of sp³-hybridized carbons (Fsp3) is 0.500. The lowest BCUT2D eigenvalue weighted by Gasteiger charge is -2.31. The van der Waals surface area contributed by atoms with E-state index in [1.807, 2.05) is 36.1 Å². The second-order valence-corrected chi connectivity index (χ2v) is 5.58. The molecule has 104 valence electrons. The van der Waals surface area contributed by atoms with Gasteiger partial charge in [0, 0.05) is 30.9 Å². The van der Waals surface area contributed by atoms with Crippen LogP contribution < -0.4 is 0 Å². The van der Waals surface area contributed by atoms with E-state index in [2.05, 4.69) is 24.9 Å². The van der Waals surface area contributed by atoms with Gasteiger partial charge < -0.3 is 4.98 Å². The quantitative estimate of drug-likeness (QED) is 0.644. The molecule has 1 atom stereocenters. The van der Waals surface area contributed by atoms with E-state index in [1.54, 1.807) is 0 Å². The molecule has 1 N–H and O–H groups in total. The van der Waals surface area contributed by atoms with Gasteiger partial charge in [0.05, 0.1) is 0 Å². The molecule has 0 bridgehead atoms. The predicted molar refractivity (Wildman–Crippen MR) is 78.5 cm³/mol. The highest BCUT2D eigenvalue weighted by Crippen LogP contribution is 2.25. The van der Waals surface area contributed by atoms with Crippen molar-refractivity contribution in [3.63, 3.8) is 0 Å². The summed E-state index contributed by atoms with van der Waals surface area (Å²) in [6, 6.07) is 2.06. The molecule has 19 heavy (non-hydrogen) atoms. The van der Waals surface area contributed by atoms with Crippen LogP contribution in [0.3, 0.4) is 0 Å². The van der Waals surface area contributed by atoms with Crippen LogP contribution in [0.15, 0.2) is 24.3 Å². The van der Waals surface area contributed by atoms with Gasteiger partial charge in [0.1, 0.15) is 0 Å². The molecule has 2 rings (SSSR count). The molecule has 1 aromatic rings. The number of alkyl halides is 1. The lowest BCUT2D eigenvalue weighted by atomic mass is 10.0. The molecule has 2 heterocycles. The van der Waals surface area contributed by atoms with E-state index in [0.29, 0.717) is 18.9 Å². The number of aromatic amines is 1. The van der Waals surface area contributed by atoms with Crippen molar-refractivity contribution in [2.24, 2.45) is 5.92 Å². The minimum atomic E-state index is -0.849. The van der Waals surface area contributed by atoms with Crippen molar-refractivity contribution < 1.29 is 4.39 Å². The molecule has 0 aromatic carbocycles. The molecule has 1 unspecified atom stereocenters. The Labute approximate surface area is 115 Å². The summed E-state index contributed by atoms with van der Waals surface area (Å²) in [5, 5.41) is 0. The van der Waals surface area contributed by atoms with Crippen LogP contribution in [0, 0.1) is 5.92 Å². The Kier molecular flexibility index (Phi) is 4.59. The van der Waals surface area contributed by atoms with Gasteiger partial charge in [0.25, 0.3) is 0 Å². The van der Waals surface area contributed by atoms with Crippen LogP contribution >= 0.6 is 0 Å². The van der Waals surface area contributed by atoms with E-state index < -0.39 is 6.30 Å². The third-order valence-corrected chi connectivity index (χ3v) is 3.34. The molecule has 0 radical (unpaired) electrons. The Morgan fingerprint density at radius 3 is 2.95 bits per heavy atom. The maximum Gasteiger partial charge on any atom is 0.158 e. The molecule has 3 heteroatoms. The Morgan fingerprint density at radius 1 is 1.47 bits per heavy atom. The third kappa shape index (κ3) is 3.57. The fourth-order valence-electron chi connectivity index (χ4n) is 2.51. The van der Waals surface area contributed by atoms with Crippen molar-refractivity contribution in [1.29, 1.82) is 0 Å². The third-order valence-electron chi connectivity index (χ3n) is 3.34. The first kappa shape index (κ1) is 14.1. The van der Waals surface area contributed by atoms with Crippen molar-refractivity contribution in [3.8, 4) is 0 Å². The van der Waals surface area contributed by atoms with Gasteiger partial charge >= 0.3 is 0 Å². The van der Waals surface area contributed by atoms with Crippen LogP contribution in [0.1, 0.15) is 37.7 Å². The molecule has 0 amide bonds. The normalized spacial score (nSPS) is 20.8. The number of rotatable bonds is 4. The molecule has 0 saturated carbocycles. The summed E-state index contributed by atoms with van der Waals surface area (Å²) in [6.45, 7) is 7.74. The lowest BCUT2D eigenvalue weighted by molar-refractivity contribution is 0.0522. The highest BCUT2D eigenvalue weighted by molar-refractivity contribution is 5.50. The molecule has 0 fully saturated rings. The smallest absolute Gasteiger partial charge is 0.158 e. The summed E-state index contributed by atoms with van der Waals surface area (Å²) >= 11 is 0. The lowest BCUT2D eigenvalue weighted by Crippen LogP contribution is -2.39. The first-order valence-corrected chi connectivity index (χ1v) is 6.98. The van der Waals surface area contributed by atoms with Gasteiger partial charge in [-0.05, 0) is 30.5 Å². The Balaban J connectivity index is 2.11. The van der Waals surface area contributed by atoms with Gasteiger partial charge in [0.2, 0.25) is 0 Å². The standard InChI is InChI=1S/C16H23FN2/c1-4-5-6-7-14-8-13-9-16(17)19(10-12(2)3)11-15(13)18-14/h4-8,12,16,18H,9-11H2,1-3H3/b5-4-,7-6-. The number of aromatic nitrogens is 1. The van der Waals surface area contributed by atoms with Crippen molar-refractivity contribution in [2.75, 3.05) is 6.54 Å². The zero-order chi connectivity index (χ0) is 13.8. The minimum absolute atomic E-state index is 0.490. The van der Waals surface area contributed by atoms with Gasteiger partial charge in [-0.2, -0.15) is 0 Å². The minimum Gasteiger partial charge on any atom is -0.358 e. The number of fused-ring (bicyclic) bond motifs is 1. The summed E-state index contributed by atoms with van der Waals surface area (Å²) in [6.07, 6.45) is 7.65. The zero-order valence-electron chi connectivity index (χ0n) is 12.0. The number of hydrogen-bond donors (Lipinski definition) is 1. The Bertz CT molecular complexity index is 471. The van der Waals surface area contributed by atoms with E-state index in [-0.39, 0.29) is 0 Å². The number of hydrogen-bond acceptors (Lipinski definition) is 1. The first-order valence-electron chi connectivity index (χ1n) is 6.98. The van der Waals surface area contributed by atoms with Crippen LogP contribution in [-0.2, 0) is 13.0 Å². The number of nitrogens with zero attached hydrogens (tertiary/aromatic N) is 1. The summed E-state index contributed by atoms with van der Waals surface area (Å²) in [7, 11) is 0. The molecule has 2 nitrogen and oxygen atoms in total. The molecule has 1 aliphatic heterocycles. The van der Waals surface area contributed by atoms with Crippen LogP contribution in [0.5, 0.6) is 0 Å². The zero-order valence-corrected chi connectivity index (χ0v) is 12.0. The van der Waals surface area contributed by atoms with Crippen molar-refractivity contribution in [2.45, 2.75) is 40.0 Å². The first-order chi connectivity index (χ1) is 9.10. The second kappa shape index (κ2) is 6.20. The van der Waals surface area contributed by atoms with Crippen LogP contribution in [0.2, 0.25) is 0 Å². The maximum absolute atomic E-state index is 14.1. The number of halogens is 1. The van der Waals surface area contributed by atoms with Crippen molar-refractivity contribution in [3.05, 3.63) is 41.2 Å². The van der Waals surface area contributed by atoms with E-state index in [9.17, 15) is 4.39 Å². The van der Waals surface area contributed by atoms with Gasteiger partial charge in [-0.1, -0.05) is 32.1 Å². The van der Waals surface area contributed by atoms with Crippen LogP contribution in [0.25, 0.3) is 6.08 Å². The Hall–Kier alpha value is -1.35. The van der Waals surface area contributed by atoms with Gasteiger partial charge in [-0.3, -0.25) is 4.90 Å². The van der Waals surface area contributed by atoms with E-state index in [0.717, 1.165) is 23.5 Å². The second-order valence-electron chi connectivity index (χ2n) is 5.58. The number of nitrogens with one attached hydrogen (secondary N) is 1. The topological polar surface area (TPSA) is 19.0 Å². The largest absolute Gasteiger partial charge is 0.358 e. The fourth-order valence-corrected chi connectivity index (χ4v) is 2.51. The number of allylic oxidation sites excluding steroid dienone is 3. The van der Waals surface area contributed by atoms with Crippen molar-refractivity contribution >= 4 is 6.08 Å².